The molecule has 178 valence electrons. The van der Waals surface area contributed by atoms with Gasteiger partial charge >= 0.3 is 0 Å². The van der Waals surface area contributed by atoms with Crippen molar-refractivity contribution in [2.75, 3.05) is 48.8 Å². The van der Waals surface area contributed by atoms with Gasteiger partial charge in [-0.1, -0.05) is 24.3 Å². The van der Waals surface area contributed by atoms with Gasteiger partial charge in [0.05, 0.1) is 15.5 Å². The molecule has 2 heterocycles. The number of amides is 2. The summed E-state index contributed by atoms with van der Waals surface area (Å²) in [5.74, 6) is -1.05. The van der Waals surface area contributed by atoms with E-state index in [-0.39, 0.29) is 23.3 Å². The van der Waals surface area contributed by atoms with Crippen molar-refractivity contribution in [3.8, 4) is 0 Å². The zero-order valence-corrected chi connectivity index (χ0v) is 20.2. The van der Waals surface area contributed by atoms with Gasteiger partial charge in [-0.3, -0.25) is 14.5 Å². The SMILES string of the molecule is CS(=O)(=O)c1cc(F)ccc1N1CCN(C(=O)CN(C(=O)c2cccs2)c2ccccc2)CC1. The topological polar surface area (TPSA) is 78.0 Å². The predicted molar refractivity (Wildman–Crippen MR) is 131 cm³/mol. The van der Waals surface area contributed by atoms with Gasteiger partial charge in [0.25, 0.3) is 5.91 Å². The first-order valence-corrected chi connectivity index (χ1v) is 13.4. The summed E-state index contributed by atoms with van der Waals surface area (Å²) in [6.45, 7) is 1.39. The number of halogens is 1. The van der Waals surface area contributed by atoms with E-state index in [2.05, 4.69) is 0 Å². The van der Waals surface area contributed by atoms with Gasteiger partial charge in [-0.05, 0) is 41.8 Å². The van der Waals surface area contributed by atoms with Crippen molar-refractivity contribution in [1.82, 2.24) is 4.90 Å². The molecule has 1 aromatic heterocycles. The van der Waals surface area contributed by atoms with Gasteiger partial charge in [-0.15, -0.1) is 11.3 Å². The fraction of sp³-hybridized carbons (Fsp3) is 0.250. The molecule has 1 aliphatic rings. The highest BCUT2D eigenvalue weighted by molar-refractivity contribution is 7.90. The number of sulfone groups is 1. The molecule has 0 spiro atoms. The minimum atomic E-state index is -3.62. The van der Waals surface area contributed by atoms with E-state index in [1.54, 1.807) is 29.2 Å². The van der Waals surface area contributed by atoms with Crippen molar-refractivity contribution in [3.05, 3.63) is 76.7 Å². The van der Waals surface area contributed by atoms with Gasteiger partial charge in [0.1, 0.15) is 12.4 Å². The number of hydrogen-bond acceptors (Lipinski definition) is 6. The van der Waals surface area contributed by atoms with E-state index in [1.807, 2.05) is 28.5 Å². The zero-order chi connectivity index (χ0) is 24.3. The number of thiophene rings is 1. The van der Waals surface area contributed by atoms with Crippen molar-refractivity contribution in [2.24, 2.45) is 0 Å². The Morgan fingerprint density at radius 1 is 1.00 bits per heavy atom. The van der Waals surface area contributed by atoms with E-state index in [9.17, 15) is 22.4 Å². The van der Waals surface area contributed by atoms with Crippen LogP contribution in [0.1, 0.15) is 9.67 Å². The Morgan fingerprint density at radius 3 is 2.32 bits per heavy atom. The van der Waals surface area contributed by atoms with Crippen LogP contribution in [0.4, 0.5) is 15.8 Å². The normalized spacial score (nSPS) is 14.2. The molecular weight excluding hydrogens is 477 g/mol. The molecule has 1 fully saturated rings. The Hall–Kier alpha value is -3.24. The molecule has 1 aliphatic heterocycles. The zero-order valence-electron chi connectivity index (χ0n) is 18.6. The highest BCUT2D eigenvalue weighted by Gasteiger charge is 2.28. The molecule has 2 amide bonds. The molecule has 0 aliphatic carbocycles. The van der Waals surface area contributed by atoms with E-state index < -0.39 is 15.7 Å². The van der Waals surface area contributed by atoms with Gasteiger partial charge in [0.2, 0.25) is 5.91 Å². The smallest absolute Gasteiger partial charge is 0.268 e. The maximum atomic E-state index is 13.7. The van der Waals surface area contributed by atoms with E-state index in [0.717, 1.165) is 12.3 Å². The Kier molecular flexibility index (Phi) is 6.99. The molecule has 0 N–H and O–H groups in total. The fourth-order valence-electron chi connectivity index (χ4n) is 3.90. The highest BCUT2D eigenvalue weighted by Crippen LogP contribution is 2.27. The molecule has 7 nitrogen and oxygen atoms in total. The fourth-order valence-corrected chi connectivity index (χ4v) is 5.48. The number of rotatable bonds is 6. The van der Waals surface area contributed by atoms with Gasteiger partial charge in [-0.25, -0.2) is 12.8 Å². The third kappa shape index (κ3) is 5.28. The third-order valence-corrected chi connectivity index (χ3v) is 7.62. The van der Waals surface area contributed by atoms with Crippen molar-refractivity contribution in [1.29, 1.82) is 0 Å². The Balaban J connectivity index is 1.47. The first-order valence-electron chi connectivity index (χ1n) is 10.7. The van der Waals surface area contributed by atoms with Crippen LogP contribution in [-0.4, -0.2) is 64.1 Å². The maximum absolute atomic E-state index is 13.7. The Morgan fingerprint density at radius 2 is 1.71 bits per heavy atom. The summed E-state index contributed by atoms with van der Waals surface area (Å²) < 4.78 is 38.0. The summed E-state index contributed by atoms with van der Waals surface area (Å²) in [6.07, 6.45) is 1.05. The minimum absolute atomic E-state index is 0.0657. The number of benzene rings is 2. The van der Waals surface area contributed by atoms with Crippen molar-refractivity contribution >= 4 is 44.4 Å². The van der Waals surface area contributed by atoms with Crippen LogP contribution in [0.15, 0.2) is 70.9 Å². The molecule has 1 saturated heterocycles. The van der Waals surface area contributed by atoms with Crippen molar-refractivity contribution in [3.63, 3.8) is 0 Å². The Labute approximate surface area is 201 Å². The van der Waals surface area contributed by atoms with Crippen LogP contribution in [0.2, 0.25) is 0 Å². The van der Waals surface area contributed by atoms with E-state index in [1.165, 1.54) is 28.4 Å². The second-order valence-corrected chi connectivity index (χ2v) is 10.9. The molecule has 0 unspecified atom stereocenters. The van der Waals surface area contributed by atoms with Gasteiger partial charge in [0, 0.05) is 38.1 Å². The summed E-state index contributed by atoms with van der Waals surface area (Å²) in [4.78, 5) is 31.7. The number of carbonyl (C=O) groups is 2. The molecule has 0 atom stereocenters. The Bertz CT molecular complexity index is 1270. The molecule has 10 heteroatoms. The summed E-state index contributed by atoms with van der Waals surface area (Å²) in [5, 5.41) is 1.82. The first kappa shape index (κ1) is 23.9. The number of piperazine rings is 1. The van der Waals surface area contributed by atoms with Crippen LogP contribution >= 0.6 is 11.3 Å². The molecule has 2 aromatic carbocycles. The lowest BCUT2D eigenvalue weighted by Crippen LogP contribution is -2.52. The lowest BCUT2D eigenvalue weighted by Gasteiger charge is -2.37. The van der Waals surface area contributed by atoms with Crippen LogP contribution in [0.3, 0.4) is 0 Å². The molecular formula is C24H24FN3O4S2. The average molecular weight is 502 g/mol. The first-order chi connectivity index (χ1) is 16.2. The number of para-hydroxylation sites is 1. The molecule has 34 heavy (non-hydrogen) atoms. The van der Waals surface area contributed by atoms with Gasteiger partial charge < -0.3 is 9.80 Å². The number of nitrogens with zero attached hydrogens (tertiary/aromatic N) is 3. The monoisotopic (exact) mass is 501 g/mol. The average Bonchev–Trinajstić information content (AvgIpc) is 3.37. The molecule has 0 bridgehead atoms. The summed E-state index contributed by atoms with van der Waals surface area (Å²) in [7, 11) is -3.62. The lowest BCUT2D eigenvalue weighted by atomic mass is 10.2. The quantitative estimate of drug-likeness (QED) is 0.518. The van der Waals surface area contributed by atoms with E-state index in [4.69, 9.17) is 0 Å². The van der Waals surface area contributed by atoms with E-state index >= 15 is 0 Å². The van der Waals surface area contributed by atoms with Gasteiger partial charge in [0.15, 0.2) is 9.84 Å². The number of anilines is 2. The molecule has 3 aromatic rings. The molecule has 0 radical (unpaired) electrons. The molecule has 4 rings (SSSR count). The minimum Gasteiger partial charge on any atom is -0.367 e. The summed E-state index contributed by atoms with van der Waals surface area (Å²) in [6, 6.07) is 16.3. The van der Waals surface area contributed by atoms with Crippen LogP contribution < -0.4 is 9.80 Å². The summed E-state index contributed by atoms with van der Waals surface area (Å²) in [5.41, 5.74) is 1.06. The third-order valence-electron chi connectivity index (χ3n) is 5.63. The molecule has 0 saturated carbocycles. The number of carbonyl (C=O) groups excluding carboxylic acids is 2. The standard InChI is InChI=1S/C24H24FN3O4S2/c1-34(31,32)22-16-18(25)9-10-20(22)26-11-13-27(14-12-26)23(29)17-28(19-6-3-2-4-7-19)24(30)21-8-5-15-33-21/h2-10,15-16H,11-14,17H2,1H3. The highest BCUT2D eigenvalue weighted by atomic mass is 32.2. The maximum Gasteiger partial charge on any atom is 0.268 e. The lowest BCUT2D eigenvalue weighted by molar-refractivity contribution is -0.129. The second-order valence-electron chi connectivity index (χ2n) is 7.96. The van der Waals surface area contributed by atoms with Crippen LogP contribution in [0.25, 0.3) is 0 Å². The second kappa shape index (κ2) is 9.94. The number of hydrogen-bond donors (Lipinski definition) is 0. The van der Waals surface area contributed by atoms with Crippen LogP contribution in [0, 0.1) is 5.82 Å². The van der Waals surface area contributed by atoms with Gasteiger partial charge in [-0.2, -0.15) is 0 Å². The van der Waals surface area contributed by atoms with Crippen molar-refractivity contribution < 1.29 is 22.4 Å². The van der Waals surface area contributed by atoms with Crippen LogP contribution in [-0.2, 0) is 14.6 Å². The summed E-state index contributed by atoms with van der Waals surface area (Å²) >= 11 is 1.32. The van der Waals surface area contributed by atoms with Crippen LogP contribution in [0.5, 0.6) is 0 Å². The van der Waals surface area contributed by atoms with Crippen molar-refractivity contribution in [2.45, 2.75) is 4.90 Å². The largest absolute Gasteiger partial charge is 0.367 e. The predicted octanol–water partition coefficient (Wildman–Crippen LogP) is 3.29. The van der Waals surface area contributed by atoms with E-state index in [0.29, 0.717) is 42.4 Å².